The van der Waals surface area contributed by atoms with Crippen LogP contribution in [-0.4, -0.2) is 16.4 Å². The van der Waals surface area contributed by atoms with E-state index in [4.69, 9.17) is 12.2 Å². The quantitative estimate of drug-likeness (QED) is 0.743. The van der Waals surface area contributed by atoms with Gasteiger partial charge in [0.05, 0.1) is 5.54 Å². The van der Waals surface area contributed by atoms with E-state index >= 15 is 0 Å². The SMILES string of the molecule is C#CC(C)(C)NC(=O)c1csc(CN)n1. The first-order valence-corrected chi connectivity index (χ1v) is 5.31. The maximum Gasteiger partial charge on any atom is 0.271 e. The zero-order chi connectivity index (χ0) is 11.5. The van der Waals surface area contributed by atoms with Crippen LogP contribution in [0.25, 0.3) is 0 Å². The minimum absolute atomic E-state index is 0.270. The predicted molar refractivity (Wildman–Crippen MR) is 60.4 cm³/mol. The lowest BCUT2D eigenvalue weighted by Crippen LogP contribution is -2.42. The average Bonchev–Trinajstić information content (AvgIpc) is 2.65. The summed E-state index contributed by atoms with van der Waals surface area (Å²) in [5, 5.41) is 5.09. The first-order valence-electron chi connectivity index (χ1n) is 4.43. The highest BCUT2D eigenvalue weighted by atomic mass is 32.1. The van der Waals surface area contributed by atoms with Gasteiger partial charge in [0.25, 0.3) is 5.91 Å². The largest absolute Gasteiger partial charge is 0.335 e. The van der Waals surface area contributed by atoms with Gasteiger partial charge in [-0.25, -0.2) is 4.98 Å². The average molecular weight is 223 g/mol. The number of rotatable bonds is 3. The molecule has 0 radical (unpaired) electrons. The second-order valence-corrected chi connectivity index (χ2v) is 4.50. The van der Waals surface area contributed by atoms with Gasteiger partial charge in [-0.3, -0.25) is 4.79 Å². The van der Waals surface area contributed by atoms with E-state index in [1.165, 1.54) is 11.3 Å². The third-order valence-corrected chi connectivity index (χ3v) is 2.62. The number of terminal acetylenes is 1. The Morgan fingerprint density at radius 2 is 2.47 bits per heavy atom. The molecule has 15 heavy (non-hydrogen) atoms. The van der Waals surface area contributed by atoms with E-state index in [2.05, 4.69) is 16.2 Å². The standard InChI is InChI=1S/C10H13N3OS/c1-4-10(2,3)13-9(14)7-6-15-8(5-11)12-7/h1,6H,5,11H2,2-3H3,(H,13,14). The summed E-state index contributed by atoms with van der Waals surface area (Å²) < 4.78 is 0. The monoisotopic (exact) mass is 223 g/mol. The van der Waals surface area contributed by atoms with Gasteiger partial charge < -0.3 is 11.1 Å². The topological polar surface area (TPSA) is 68.0 Å². The van der Waals surface area contributed by atoms with E-state index in [0.29, 0.717) is 12.2 Å². The number of aromatic nitrogens is 1. The van der Waals surface area contributed by atoms with E-state index in [-0.39, 0.29) is 5.91 Å². The summed E-state index contributed by atoms with van der Waals surface area (Å²) in [4.78, 5) is 15.7. The molecular formula is C10H13N3OS. The predicted octanol–water partition coefficient (Wildman–Crippen LogP) is 0.743. The first-order chi connectivity index (χ1) is 6.98. The Hall–Kier alpha value is -1.38. The van der Waals surface area contributed by atoms with Gasteiger partial charge in [0.2, 0.25) is 0 Å². The van der Waals surface area contributed by atoms with Crippen molar-refractivity contribution in [2.75, 3.05) is 0 Å². The van der Waals surface area contributed by atoms with Crippen molar-refractivity contribution in [3.8, 4) is 12.3 Å². The van der Waals surface area contributed by atoms with Crippen molar-refractivity contribution in [1.29, 1.82) is 0 Å². The second-order valence-electron chi connectivity index (χ2n) is 3.55. The van der Waals surface area contributed by atoms with Crippen LogP contribution in [0.15, 0.2) is 5.38 Å². The van der Waals surface area contributed by atoms with Crippen LogP contribution in [0.4, 0.5) is 0 Å². The van der Waals surface area contributed by atoms with Crippen molar-refractivity contribution in [3.05, 3.63) is 16.1 Å². The first kappa shape index (κ1) is 11.7. The molecule has 0 saturated carbocycles. The zero-order valence-electron chi connectivity index (χ0n) is 8.70. The maximum atomic E-state index is 11.6. The molecule has 5 heteroatoms. The Bertz CT molecular complexity index is 403. The Labute approximate surface area is 92.9 Å². The number of nitrogens with one attached hydrogen (secondary N) is 1. The molecule has 0 aliphatic heterocycles. The van der Waals surface area contributed by atoms with Gasteiger partial charge >= 0.3 is 0 Å². The Kier molecular flexibility index (Phi) is 3.45. The van der Waals surface area contributed by atoms with Gasteiger partial charge in [-0.15, -0.1) is 17.8 Å². The van der Waals surface area contributed by atoms with Crippen molar-refractivity contribution in [3.63, 3.8) is 0 Å². The van der Waals surface area contributed by atoms with Crippen molar-refractivity contribution < 1.29 is 4.79 Å². The molecule has 1 amide bonds. The molecule has 4 nitrogen and oxygen atoms in total. The number of nitrogens with two attached hydrogens (primary N) is 1. The molecule has 0 saturated heterocycles. The van der Waals surface area contributed by atoms with Gasteiger partial charge in [-0.05, 0) is 13.8 Å². The van der Waals surface area contributed by atoms with Crippen LogP contribution in [0.2, 0.25) is 0 Å². The number of amides is 1. The zero-order valence-corrected chi connectivity index (χ0v) is 9.52. The van der Waals surface area contributed by atoms with Crippen LogP contribution < -0.4 is 11.1 Å². The molecule has 80 valence electrons. The van der Waals surface area contributed by atoms with Crippen LogP contribution in [-0.2, 0) is 6.54 Å². The fourth-order valence-corrected chi connectivity index (χ4v) is 1.55. The van der Waals surface area contributed by atoms with Gasteiger partial charge in [0.15, 0.2) is 0 Å². The molecule has 1 rings (SSSR count). The summed E-state index contributed by atoms with van der Waals surface area (Å²) in [6, 6.07) is 0. The second kappa shape index (κ2) is 4.43. The molecule has 0 aliphatic rings. The number of nitrogens with zero attached hydrogens (tertiary/aromatic N) is 1. The third kappa shape index (κ3) is 3.05. The van der Waals surface area contributed by atoms with Crippen LogP contribution in [0, 0.1) is 12.3 Å². The minimum Gasteiger partial charge on any atom is -0.335 e. The fourth-order valence-electron chi connectivity index (χ4n) is 0.893. The molecule has 0 unspecified atom stereocenters. The molecule has 0 aliphatic carbocycles. The maximum absolute atomic E-state index is 11.6. The number of hydrogen-bond donors (Lipinski definition) is 2. The summed E-state index contributed by atoms with van der Waals surface area (Å²) in [5.74, 6) is 2.21. The smallest absolute Gasteiger partial charge is 0.271 e. The summed E-state index contributed by atoms with van der Waals surface area (Å²) >= 11 is 1.36. The van der Waals surface area contributed by atoms with Crippen LogP contribution in [0.3, 0.4) is 0 Å². The molecule has 0 aromatic carbocycles. The van der Waals surface area contributed by atoms with E-state index < -0.39 is 5.54 Å². The molecule has 3 N–H and O–H groups in total. The Balaban J connectivity index is 2.74. The minimum atomic E-state index is -0.663. The molecular weight excluding hydrogens is 210 g/mol. The van der Waals surface area contributed by atoms with E-state index in [9.17, 15) is 4.79 Å². The summed E-state index contributed by atoms with van der Waals surface area (Å²) in [5.41, 5.74) is 5.10. The number of thiazole rings is 1. The molecule has 0 fully saturated rings. The van der Waals surface area contributed by atoms with Crippen molar-refractivity contribution >= 4 is 17.2 Å². The lowest BCUT2D eigenvalue weighted by molar-refractivity contribution is 0.0925. The Morgan fingerprint density at radius 3 is 2.93 bits per heavy atom. The fraction of sp³-hybridized carbons (Fsp3) is 0.400. The van der Waals surface area contributed by atoms with Crippen LogP contribution in [0.5, 0.6) is 0 Å². The van der Waals surface area contributed by atoms with E-state index in [1.54, 1.807) is 19.2 Å². The van der Waals surface area contributed by atoms with E-state index in [0.717, 1.165) is 5.01 Å². The summed E-state index contributed by atoms with van der Waals surface area (Å²) in [6.45, 7) is 3.85. The van der Waals surface area contributed by atoms with Crippen molar-refractivity contribution in [1.82, 2.24) is 10.3 Å². The highest BCUT2D eigenvalue weighted by Gasteiger charge is 2.19. The van der Waals surface area contributed by atoms with E-state index in [1.807, 2.05) is 0 Å². The third-order valence-electron chi connectivity index (χ3n) is 1.75. The summed E-state index contributed by atoms with van der Waals surface area (Å²) in [6.07, 6.45) is 5.26. The molecule has 0 bridgehead atoms. The van der Waals surface area contributed by atoms with Gasteiger partial charge in [0.1, 0.15) is 10.7 Å². The Morgan fingerprint density at radius 1 is 1.80 bits per heavy atom. The van der Waals surface area contributed by atoms with Crippen LogP contribution >= 0.6 is 11.3 Å². The molecule has 1 aromatic rings. The highest BCUT2D eigenvalue weighted by molar-refractivity contribution is 7.09. The number of hydrogen-bond acceptors (Lipinski definition) is 4. The number of carbonyl (C=O) groups is 1. The van der Waals surface area contributed by atoms with Gasteiger partial charge in [0, 0.05) is 11.9 Å². The van der Waals surface area contributed by atoms with Crippen molar-refractivity contribution in [2.24, 2.45) is 5.73 Å². The molecule has 1 aromatic heterocycles. The molecule has 0 spiro atoms. The highest BCUT2D eigenvalue weighted by Crippen LogP contribution is 2.10. The summed E-state index contributed by atoms with van der Waals surface area (Å²) in [7, 11) is 0. The van der Waals surface area contributed by atoms with Gasteiger partial charge in [-0.1, -0.05) is 5.92 Å². The lowest BCUT2D eigenvalue weighted by atomic mass is 10.1. The van der Waals surface area contributed by atoms with Gasteiger partial charge in [-0.2, -0.15) is 0 Å². The number of carbonyl (C=O) groups excluding carboxylic acids is 1. The lowest BCUT2D eigenvalue weighted by Gasteiger charge is -2.18. The molecule has 1 heterocycles. The molecule has 0 atom stereocenters. The van der Waals surface area contributed by atoms with Crippen molar-refractivity contribution in [2.45, 2.75) is 25.9 Å². The van der Waals surface area contributed by atoms with Crippen LogP contribution in [0.1, 0.15) is 29.3 Å². The normalized spacial score (nSPS) is 10.8.